The smallest absolute Gasteiger partial charge is 0.271 e. The molecular formula is C16H12Cl4FN3O2. The Kier molecular flexibility index (Phi) is 7.06. The third kappa shape index (κ3) is 4.76. The van der Waals surface area contributed by atoms with Crippen LogP contribution in [-0.4, -0.2) is 29.9 Å². The first-order chi connectivity index (χ1) is 12.2. The Bertz CT molecular complexity index is 877. The highest BCUT2D eigenvalue weighted by Gasteiger charge is 2.20. The number of carbonyl (C=O) groups is 2. The minimum absolute atomic E-state index is 0.0486. The van der Waals surface area contributed by atoms with Crippen molar-refractivity contribution < 1.29 is 14.0 Å². The van der Waals surface area contributed by atoms with Crippen LogP contribution in [0.3, 0.4) is 0 Å². The first-order valence-electron chi connectivity index (χ1n) is 7.25. The second-order valence-corrected chi connectivity index (χ2v) is 6.66. The van der Waals surface area contributed by atoms with Gasteiger partial charge < -0.3 is 10.6 Å². The van der Waals surface area contributed by atoms with Crippen molar-refractivity contribution in [1.82, 2.24) is 15.6 Å². The highest BCUT2D eigenvalue weighted by atomic mass is 35.5. The van der Waals surface area contributed by atoms with Gasteiger partial charge >= 0.3 is 0 Å². The van der Waals surface area contributed by atoms with Crippen molar-refractivity contribution in [3.63, 3.8) is 0 Å². The Morgan fingerprint density at radius 1 is 1.00 bits per heavy atom. The van der Waals surface area contributed by atoms with Crippen LogP contribution < -0.4 is 10.6 Å². The van der Waals surface area contributed by atoms with Crippen molar-refractivity contribution in [2.45, 2.75) is 6.92 Å². The normalized spacial score (nSPS) is 10.5. The molecule has 2 aromatic rings. The lowest BCUT2D eigenvalue weighted by molar-refractivity contribution is 0.0925. The number of halogens is 5. The fourth-order valence-electron chi connectivity index (χ4n) is 1.91. The van der Waals surface area contributed by atoms with Crippen LogP contribution in [0, 0.1) is 12.7 Å². The van der Waals surface area contributed by atoms with Crippen molar-refractivity contribution in [1.29, 1.82) is 0 Å². The molecule has 0 spiro atoms. The van der Waals surface area contributed by atoms with Crippen LogP contribution in [0.1, 0.15) is 26.4 Å². The van der Waals surface area contributed by atoms with Crippen molar-refractivity contribution in [2.75, 3.05) is 13.1 Å². The van der Waals surface area contributed by atoms with Gasteiger partial charge in [-0.3, -0.25) is 9.59 Å². The maximum absolute atomic E-state index is 13.5. The Morgan fingerprint density at radius 2 is 1.62 bits per heavy atom. The Balaban J connectivity index is 1.91. The number of aryl methyl sites for hydroxylation is 1. The molecule has 0 bridgehead atoms. The van der Waals surface area contributed by atoms with E-state index in [0.29, 0.717) is 5.56 Å². The van der Waals surface area contributed by atoms with Gasteiger partial charge in [-0.2, -0.15) is 0 Å². The second-order valence-electron chi connectivity index (χ2n) is 5.17. The zero-order chi connectivity index (χ0) is 19.4. The molecule has 0 aliphatic rings. The second kappa shape index (κ2) is 8.86. The molecule has 2 rings (SSSR count). The van der Waals surface area contributed by atoms with Crippen LogP contribution in [0.15, 0.2) is 18.2 Å². The predicted molar refractivity (Wildman–Crippen MR) is 100 cm³/mol. The van der Waals surface area contributed by atoms with Gasteiger partial charge in [0.2, 0.25) is 0 Å². The van der Waals surface area contributed by atoms with E-state index in [-0.39, 0.29) is 44.6 Å². The monoisotopic (exact) mass is 437 g/mol. The SMILES string of the molecule is Cc1ccc(C(=O)NCCNC(=O)c2nc(Cl)c(Cl)c(Cl)c2Cl)cc1F. The molecule has 10 heteroatoms. The summed E-state index contributed by atoms with van der Waals surface area (Å²) in [5.74, 6) is -1.57. The average Bonchev–Trinajstić information content (AvgIpc) is 2.61. The molecule has 0 saturated carbocycles. The van der Waals surface area contributed by atoms with Crippen LogP contribution in [0.4, 0.5) is 4.39 Å². The number of carbonyl (C=O) groups excluding carboxylic acids is 2. The number of aromatic nitrogens is 1. The third-order valence-electron chi connectivity index (χ3n) is 3.33. The zero-order valence-electron chi connectivity index (χ0n) is 13.3. The molecule has 5 nitrogen and oxygen atoms in total. The Morgan fingerprint density at radius 3 is 2.23 bits per heavy atom. The molecule has 0 fully saturated rings. The number of benzene rings is 1. The maximum Gasteiger partial charge on any atom is 0.271 e. The van der Waals surface area contributed by atoms with Gasteiger partial charge in [-0.25, -0.2) is 9.37 Å². The summed E-state index contributed by atoms with van der Waals surface area (Å²) in [4.78, 5) is 27.8. The molecule has 0 radical (unpaired) electrons. The summed E-state index contributed by atoms with van der Waals surface area (Å²) in [6, 6.07) is 4.16. The molecular weight excluding hydrogens is 427 g/mol. The maximum atomic E-state index is 13.5. The minimum atomic E-state index is -0.633. The Labute approximate surface area is 168 Å². The number of rotatable bonds is 5. The average molecular weight is 439 g/mol. The van der Waals surface area contributed by atoms with Crippen LogP contribution in [0.25, 0.3) is 0 Å². The molecule has 2 amide bonds. The summed E-state index contributed by atoms with van der Waals surface area (Å²) in [5.41, 5.74) is 0.442. The topological polar surface area (TPSA) is 71.1 Å². The van der Waals surface area contributed by atoms with Crippen LogP contribution in [-0.2, 0) is 0 Å². The molecule has 1 heterocycles. The molecule has 0 unspecified atom stereocenters. The number of nitrogens with one attached hydrogen (secondary N) is 2. The van der Waals surface area contributed by atoms with Crippen molar-refractivity contribution in [2.24, 2.45) is 0 Å². The van der Waals surface area contributed by atoms with E-state index in [4.69, 9.17) is 46.4 Å². The standard InChI is InChI=1S/C16H12Cl4FN3O2/c1-7-2-3-8(6-9(7)21)15(25)22-4-5-23-16(26)13-11(18)10(17)12(19)14(20)24-13/h2-3,6H,4-5H2,1H3,(H,22,25)(H,23,26). The predicted octanol–water partition coefficient (Wildman–Crippen LogP) is 4.30. The van der Waals surface area contributed by atoms with E-state index in [0.717, 1.165) is 6.07 Å². The third-order valence-corrected chi connectivity index (χ3v) is 5.01. The van der Waals surface area contributed by atoms with E-state index >= 15 is 0 Å². The lowest BCUT2D eigenvalue weighted by atomic mass is 10.1. The Hall–Kier alpha value is -1.60. The van der Waals surface area contributed by atoms with Gasteiger partial charge in [0.15, 0.2) is 0 Å². The molecule has 0 aliphatic heterocycles. The van der Waals surface area contributed by atoms with Gasteiger partial charge in [0.1, 0.15) is 16.7 Å². The van der Waals surface area contributed by atoms with Gasteiger partial charge in [0.05, 0.1) is 15.1 Å². The van der Waals surface area contributed by atoms with Gasteiger partial charge in [-0.15, -0.1) is 0 Å². The lowest BCUT2D eigenvalue weighted by Crippen LogP contribution is -2.35. The first-order valence-corrected chi connectivity index (χ1v) is 8.76. The summed E-state index contributed by atoms with van der Waals surface area (Å²) in [6.07, 6.45) is 0. The number of amides is 2. The van der Waals surface area contributed by atoms with E-state index < -0.39 is 17.6 Å². The van der Waals surface area contributed by atoms with E-state index in [9.17, 15) is 14.0 Å². The summed E-state index contributed by atoms with van der Waals surface area (Å²) >= 11 is 23.4. The van der Waals surface area contributed by atoms with Gasteiger partial charge in [-0.05, 0) is 24.6 Å². The molecule has 0 aliphatic carbocycles. The fourth-order valence-corrected chi connectivity index (χ4v) is 2.72. The highest BCUT2D eigenvalue weighted by Crippen LogP contribution is 2.35. The van der Waals surface area contributed by atoms with E-state index in [1.54, 1.807) is 6.92 Å². The molecule has 0 saturated heterocycles. The summed E-state index contributed by atoms with van der Waals surface area (Å²) in [6.45, 7) is 1.78. The minimum Gasteiger partial charge on any atom is -0.350 e. The summed E-state index contributed by atoms with van der Waals surface area (Å²) in [7, 11) is 0. The molecule has 138 valence electrons. The summed E-state index contributed by atoms with van der Waals surface area (Å²) in [5, 5.41) is 4.65. The zero-order valence-corrected chi connectivity index (χ0v) is 16.3. The number of hydrogen-bond acceptors (Lipinski definition) is 3. The molecule has 0 atom stereocenters. The van der Waals surface area contributed by atoms with Crippen LogP contribution >= 0.6 is 46.4 Å². The molecule has 1 aromatic carbocycles. The molecule has 26 heavy (non-hydrogen) atoms. The number of nitrogens with zero attached hydrogens (tertiary/aromatic N) is 1. The van der Waals surface area contributed by atoms with Crippen molar-refractivity contribution in [3.8, 4) is 0 Å². The van der Waals surface area contributed by atoms with E-state index in [1.165, 1.54) is 12.1 Å². The van der Waals surface area contributed by atoms with Gasteiger partial charge in [0, 0.05) is 18.7 Å². The van der Waals surface area contributed by atoms with E-state index in [1.807, 2.05) is 0 Å². The lowest BCUT2D eigenvalue weighted by Gasteiger charge is -2.10. The molecule has 2 N–H and O–H groups in total. The van der Waals surface area contributed by atoms with Crippen molar-refractivity contribution >= 4 is 58.2 Å². The largest absolute Gasteiger partial charge is 0.350 e. The quantitative estimate of drug-likeness (QED) is 0.539. The van der Waals surface area contributed by atoms with Crippen LogP contribution in [0.5, 0.6) is 0 Å². The van der Waals surface area contributed by atoms with E-state index in [2.05, 4.69) is 15.6 Å². The first kappa shape index (κ1) is 20.7. The number of hydrogen-bond donors (Lipinski definition) is 2. The van der Waals surface area contributed by atoms with Gasteiger partial charge in [-0.1, -0.05) is 52.5 Å². The van der Waals surface area contributed by atoms with Crippen molar-refractivity contribution in [3.05, 3.63) is 61.1 Å². The summed E-state index contributed by atoms with van der Waals surface area (Å²) < 4.78 is 13.5. The fraction of sp³-hybridized carbons (Fsp3) is 0.188. The molecule has 1 aromatic heterocycles. The van der Waals surface area contributed by atoms with Crippen LogP contribution in [0.2, 0.25) is 20.2 Å². The van der Waals surface area contributed by atoms with Gasteiger partial charge in [0.25, 0.3) is 11.8 Å². The highest BCUT2D eigenvalue weighted by molar-refractivity contribution is 6.52. The number of pyridine rings is 1.